The first-order valence-corrected chi connectivity index (χ1v) is 8.04. The van der Waals surface area contributed by atoms with Gasteiger partial charge in [0.1, 0.15) is 11.4 Å². The van der Waals surface area contributed by atoms with Gasteiger partial charge in [0, 0.05) is 19.1 Å². The number of nitrogens with zero attached hydrogens (tertiary/aromatic N) is 1. The van der Waals surface area contributed by atoms with Gasteiger partial charge in [0.2, 0.25) is 0 Å². The molecule has 1 aliphatic rings. The van der Waals surface area contributed by atoms with Crippen molar-refractivity contribution in [3.8, 4) is 0 Å². The van der Waals surface area contributed by atoms with Crippen molar-refractivity contribution in [1.29, 1.82) is 0 Å². The number of carbonyl (C=O) groups is 2. The summed E-state index contributed by atoms with van der Waals surface area (Å²) in [6.07, 6.45) is 1.03. The first-order valence-electron chi connectivity index (χ1n) is 8.04. The molecule has 0 bridgehead atoms. The number of likely N-dealkylation sites (tertiary alicyclic amines) is 1. The zero-order valence-electron chi connectivity index (χ0n) is 14.3. The Morgan fingerprint density at radius 2 is 2.00 bits per heavy atom. The third-order valence-corrected chi connectivity index (χ3v) is 3.54. The van der Waals surface area contributed by atoms with Crippen molar-refractivity contribution in [2.45, 2.75) is 45.3 Å². The minimum atomic E-state index is -0.569. The van der Waals surface area contributed by atoms with E-state index in [1.807, 2.05) is 0 Å². The highest BCUT2D eigenvalue weighted by atomic mass is 19.1. The Morgan fingerprint density at radius 3 is 2.67 bits per heavy atom. The van der Waals surface area contributed by atoms with Crippen LogP contribution in [-0.2, 0) is 4.74 Å². The van der Waals surface area contributed by atoms with Crippen molar-refractivity contribution in [2.24, 2.45) is 0 Å². The summed E-state index contributed by atoms with van der Waals surface area (Å²) in [5, 5.41) is 5.34. The molecule has 1 atom stereocenters. The molecule has 7 heteroatoms. The second-order valence-corrected chi connectivity index (χ2v) is 6.84. The molecule has 2 rings (SSSR count). The standard InChI is InChI=1S/C17H24FN3O3/c1-17(2,3)24-16(23)19-12-7-6-10-21(11-12)15(22)20-14-9-5-4-8-13(14)18/h4-5,8-9,12H,6-7,10-11H2,1-3H3,(H,19,23)(H,20,22)/t12-/m1/s1. The maximum atomic E-state index is 13.6. The SMILES string of the molecule is CC(C)(C)OC(=O)N[C@@H]1CCCN(C(=O)Nc2ccccc2F)C1. The number of para-hydroxylation sites is 1. The average Bonchev–Trinajstić information content (AvgIpc) is 2.48. The quantitative estimate of drug-likeness (QED) is 0.869. The number of hydrogen-bond acceptors (Lipinski definition) is 3. The molecule has 0 aliphatic carbocycles. The van der Waals surface area contributed by atoms with E-state index in [-0.39, 0.29) is 17.8 Å². The number of alkyl carbamates (subject to hydrolysis) is 1. The molecule has 0 spiro atoms. The third-order valence-electron chi connectivity index (χ3n) is 3.54. The van der Waals surface area contributed by atoms with E-state index in [0.717, 1.165) is 12.8 Å². The molecule has 24 heavy (non-hydrogen) atoms. The van der Waals surface area contributed by atoms with Crippen LogP contribution in [0.25, 0.3) is 0 Å². The lowest BCUT2D eigenvalue weighted by Gasteiger charge is -2.33. The lowest BCUT2D eigenvalue weighted by Crippen LogP contribution is -2.51. The average molecular weight is 337 g/mol. The van der Waals surface area contributed by atoms with E-state index in [1.54, 1.807) is 37.8 Å². The van der Waals surface area contributed by atoms with Gasteiger partial charge < -0.3 is 20.3 Å². The molecule has 1 heterocycles. The normalized spacial score (nSPS) is 18.0. The van der Waals surface area contributed by atoms with Gasteiger partial charge in [-0.05, 0) is 45.7 Å². The second kappa shape index (κ2) is 7.51. The monoisotopic (exact) mass is 337 g/mol. The molecule has 0 radical (unpaired) electrons. The van der Waals surface area contributed by atoms with Gasteiger partial charge in [-0.2, -0.15) is 0 Å². The first-order chi connectivity index (χ1) is 11.2. The molecule has 3 amide bonds. The Hall–Kier alpha value is -2.31. The Bertz CT molecular complexity index is 601. The fraction of sp³-hybridized carbons (Fsp3) is 0.529. The molecule has 0 unspecified atom stereocenters. The molecule has 6 nitrogen and oxygen atoms in total. The van der Waals surface area contributed by atoms with Gasteiger partial charge in [-0.3, -0.25) is 0 Å². The Morgan fingerprint density at radius 1 is 1.29 bits per heavy atom. The molecule has 0 aromatic heterocycles. The van der Waals surface area contributed by atoms with Crippen LogP contribution in [0.15, 0.2) is 24.3 Å². The summed E-state index contributed by atoms with van der Waals surface area (Å²) >= 11 is 0. The largest absolute Gasteiger partial charge is 0.444 e. The van der Waals surface area contributed by atoms with Gasteiger partial charge in [0.05, 0.1) is 5.69 Å². The van der Waals surface area contributed by atoms with Crippen molar-refractivity contribution in [1.82, 2.24) is 10.2 Å². The van der Waals surface area contributed by atoms with Crippen LogP contribution in [0.3, 0.4) is 0 Å². The summed E-state index contributed by atoms with van der Waals surface area (Å²) in [4.78, 5) is 25.7. The topological polar surface area (TPSA) is 70.7 Å². The maximum Gasteiger partial charge on any atom is 0.407 e. The van der Waals surface area contributed by atoms with Crippen molar-refractivity contribution in [2.75, 3.05) is 18.4 Å². The summed E-state index contributed by atoms with van der Waals surface area (Å²) in [5.74, 6) is -0.480. The third kappa shape index (κ3) is 5.40. The van der Waals surface area contributed by atoms with Gasteiger partial charge in [0.25, 0.3) is 0 Å². The second-order valence-electron chi connectivity index (χ2n) is 6.84. The summed E-state index contributed by atoms with van der Waals surface area (Å²) in [6, 6.07) is 5.46. The smallest absolute Gasteiger partial charge is 0.407 e. The molecule has 1 aromatic rings. The van der Waals surface area contributed by atoms with Crippen molar-refractivity contribution < 1.29 is 18.7 Å². The van der Waals surface area contributed by atoms with E-state index in [1.165, 1.54) is 12.1 Å². The van der Waals surface area contributed by atoms with Crippen LogP contribution < -0.4 is 10.6 Å². The zero-order chi connectivity index (χ0) is 17.7. The molecular weight excluding hydrogens is 313 g/mol. The molecule has 1 aliphatic heterocycles. The molecule has 1 saturated heterocycles. The number of carbonyl (C=O) groups excluding carboxylic acids is 2. The number of amides is 3. The predicted molar refractivity (Wildman–Crippen MR) is 89.4 cm³/mol. The molecule has 0 saturated carbocycles. The number of piperidine rings is 1. The number of benzene rings is 1. The fourth-order valence-electron chi connectivity index (χ4n) is 2.51. The number of urea groups is 1. The minimum absolute atomic E-state index is 0.143. The predicted octanol–water partition coefficient (Wildman–Crippen LogP) is 3.35. The van der Waals surface area contributed by atoms with Crippen LogP contribution in [0.4, 0.5) is 19.7 Å². The number of nitrogens with one attached hydrogen (secondary N) is 2. The number of ether oxygens (including phenoxy) is 1. The highest BCUT2D eigenvalue weighted by Gasteiger charge is 2.26. The van der Waals surface area contributed by atoms with Gasteiger partial charge in [-0.25, -0.2) is 14.0 Å². The molecule has 1 aromatic carbocycles. The number of hydrogen-bond donors (Lipinski definition) is 2. The van der Waals surface area contributed by atoms with Crippen molar-refractivity contribution >= 4 is 17.8 Å². The van der Waals surface area contributed by atoms with Crippen molar-refractivity contribution in [3.05, 3.63) is 30.1 Å². The van der Waals surface area contributed by atoms with Crippen LogP contribution in [0.1, 0.15) is 33.6 Å². The van der Waals surface area contributed by atoms with E-state index in [9.17, 15) is 14.0 Å². The molecular formula is C17H24FN3O3. The van der Waals surface area contributed by atoms with Crippen LogP contribution in [0, 0.1) is 5.82 Å². The number of halogens is 1. The Kier molecular flexibility index (Phi) is 5.64. The van der Waals surface area contributed by atoms with Gasteiger partial charge in [-0.1, -0.05) is 12.1 Å². The van der Waals surface area contributed by atoms with Crippen LogP contribution in [0.5, 0.6) is 0 Å². The van der Waals surface area contributed by atoms with Crippen LogP contribution >= 0.6 is 0 Å². The lowest BCUT2D eigenvalue weighted by atomic mass is 10.1. The van der Waals surface area contributed by atoms with E-state index in [0.29, 0.717) is 13.1 Å². The van der Waals surface area contributed by atoms with E-state index < -0.39 is 17.5 Å². The molecule has 2 N–H and O–H groups in total. The Labute approximate surface area is 141 Å². The van der Waals surface area contributed by atoms with Crippen LogP contribution in [-0.4, -0.2) is 41.8 Å². The fourth-order valence-corrected chi connectivity index (χ4v) is 2.51. The van der Waals surface area contributed by atoms with Gasteiger partial charge in [0.15, 0.2) is 0 Å². The lowest BCUT2D eigenvalue weighted by molar-refractivity contribution is 0.0480. The summed E-state index contributed by atoms with van der Waals surface area (Å²) in [7, 11) is 0. The van der Waals surface area contributed by atoms with Gasteiger partial charge >= 0.3 is 12.1 Å². The summed E-state index contributed by atoms with van der Waals surface area (Å²) in [6.45, 7) is 6.30. The van der Waals surface area contributed by atoms with Gasteiger partial charge in [-0.15, -0.1) is 0 Å². The van der Waals surface area contributed by atoms with Crippen molar-refractivity contribution in [3.63, 3.8) is 0 Å². The molecule has 1 fully saturated rings. The van der Waals surface area contributed by atoms with Crippen LogP contribution in [0.2, 0.25) is 0 Å². The van der Waals surface area contributed by atoms with E-state index in [2.05, 4.69) is 10.6 Å². The highest BCUT2D eigenvalue weighted by molar-refractivity contribution is 5.89. The van der Waals surface area contributed by atoms with E-state index >= 15 is 0 Å². The summed E-state index contributed by atoms with van der Waals surface area (Å²) < 4.78 is 18.8. The maximum absolute atomic E-state index is 13.6. The number of rotatable bonds is 2. The number of anilines is 1. The Balaban J connectivity index is 1.89. The van der Waals surface area contributed by atoms with E-state index in [4.69, 9.17) is 4.74 Å². The first kappa shape index (κ1) is 18.0. The molecule has 132 valence electrons. The highest BCUT2D eigenvalue weighted by Crippen LogP contribution is 2.16. The summed E-state index contributed by atoms with van der Waals surface area (Å²) in [5.41, 5.74) is -0.426. The minimum Gasteiger partial charge on any atom is -0.444 e. The zero-order valence-corrected chi connectivity index (χ0v) is 14.3.